The van der Waals surface area contributed by atoms with E-state index in [1.54, 1.807) is 6.92 Å². The Kier molecular flexibility index (Phi) is 12.5. The van der Waals surface area contributed by atoms with E-state index in [1.165, 1.54) is 0 Å². The van der Waals surface area contributed by atoms with Crippen LogP contribution >= 0.6 is 33.1 Å². The Bertz CT molecular complexity index is 260. The van der Waals surface area contributed by atoms with Crippen LogP contribution in [0.1, 0.15) is 6.92 Å². The summed E-state index contributed by atoms with van der Waals surface area (Å²) >= 11 is 10.6. The number of Topliss-reactive ketones (excluding diaryl/α,β-unsaturated/α-hetero) is 1. The fourth-order valence-electron chi connectivity index (χ4n) is 0.609. The molecule has 0 aromatic rings. The van der Waals surface area contributed by atoms with E-state index in [1.807, 2.05) is 0 Å². The summed E-state index contributed by atoms with van der Waals surface area (Å²) in [7, 11) is 0. The van der Waals surface area contributed by atoms with Crippen LogP contribution in [0.25, 0.3) is 0 Å². The summed E-state index contributed by atoms with van der Waals surface area (Å²) in [5, 5.41) is 3.33. The zero-order chi connectivity index (χ0) is 11.7. The number of ketones is 1. The lowest BCUT2D eigenvalue weighted by Crippen LogP contribution is -2.27. The van der Waals surface area contributed by atoms with Crippen molar-refractivity contribution in [1.82, 2.24) is 0 Å². The van der Waals surface area contributed by atoms with Crippen LogP contribution in [0.3, 0.4) is 0 Å². The molecule has 0 amide bonds. The van der Waals surface area contributed by atoms with Gasteiger partial charge in [0.1, 0.15) is 6.61 Å². The van der Waals surface area contributed by atoms with Crippen LogP contribution in [-0.2, 0) is 19.2 Å². The van der Waals surface area contributed by atoms with Gasteiger partial charge in [0, 0.05) is 0 Å². The Labute approximate surface area is 107 Å². The summed E-state index contributed by atoms with van der Waals surface area (Å²) in [6.07, 6.45) is 0. The maximum absolute atomic E-state index is 11.2. The first-order valence-electron chi connectivity index (χ1n) is 4.19. The van der Waals surface area contributed by atoms with Gasteiger partial charge in [0.2, 0.25) is 11.5 Å². The third-order valence-electron chi connectivity index (χ3n) is 1.18. The SMILES string of the molecule is CCOC(=O)C(=NOCCCl)C(=O)CCl.P. The first-order valence-corrected chi connectivity index (χ1v) is 5.26. The van der Waals surface area contributed by atoms with Crippen LogP contribution in [0.4, 0.5) is 0 Å². The molecule has 1 atom stereocenters. The Morgan fingerprint density at radius 1 is 1.31 bits per heavy atom. The highest BCUT2D eigenvalue weighted by Gasteiger charge is 2.21. The number of hydrogen-bond donors (Lipinski definition) is 0. The molecule has 1 unspecified atom stereocenters. The van der Waals surface area contributed by atoms with Crippen molar-refractivity contribution in [3.8, 4) is 0 Å². The minimum Gasteiger partial charge on any atom is -0.461 e. The molecule has 0 aromatic carbocycles. The molecule has 0 radical (unpaired) electrons. The quantitative estimate of drug-likeness (QED) is 0.134. The van der Waals surface area contributed by atoms with Crippen molar-refractivity contribution >= 4 is 50.6 Å². The fraction of sp³-hybridized carbons (Fsp3) is 0.625. The summed E-state index contributed by atoms with van der Waals surface area (Å²) < 4.78 is 4.60. The van der Waals surface area contributed by atoms with Crippen molar-refractivity contribution in [2.75, 3.05) is 25.0 Å². The van der Waals surface area contributed by atoms with E-state index in [2.05, 4.69) is 14.7 Å². The van der Waals surface area contributed by atoms with Crippen molar-refractivity contribution in [2.45, 2.75) is 6.92 Å². The van der Waals surface area contributed by atoms with Gasteiger partial charge in [-0.3, -0.25) is 4.79 Å². The molecule has 0 aliphatic heterocycles. The average molecular weight is 290 g/mol. The van der Waals surface area contributed by atoms with Crippen LogP contribution in [-0.4, -0.2) is 42.4 Å². The maximum Gasteiger partial charge on any atom is 0.364 e. The van der Waals surface area contributed by atoms with Crippen LogP contribution in [0.5, 0.6) is 0 Å². The molecule has 0 heterocycles. The van der Waals surface area contributed by atoms with Gasteiger partial charge in [-0.1, -0.05) is 5.16 Å². The van der Waals surface area contributed by atoms with Gasteiger partial charge in [0.15, 0.2) is 0 Å². The smallest absolute Gasteiger partial charge is 0.364 e. The van der Waals surface area contributed by atoms with Gasteiger partial charge < -0.3 is 9.57 Å². The number of carbonyl (C=O) groups excluding carboxylic acids is 2. The molecule has 0 spiro atoms. The van der Waals surface area contributed by atoms with E-state index in [4.69, 9.17) is 23.2 Å². The van der Waals surface area contributed by atoms with Crippen molar-refractivity contribution in [1.29, 1.82) is 0 Å². The number of oxime groups is 1. The van der Waals surface area contributed by atoms with E-state index in [0.717, 1.165) is 0 Å². The van der Waals surface area contributed by atoms with Gasteiger partial charge in [0.25, 0.3) is 0 Å². The lowest BCUT2D eigenvalue weighted by molar-refractivity contribution is -0.135. The van der Waals surface area contributed by atoms with Crippen LogP contribution < -0.4 is 0 Å². The molecule has 0 saturated heterocycles. The molecule has 94 valence electrons. The summed E-state index contributed by atoms with van der Waals surface area (Å²) in [6.45, 7) is 1.85. The molecule has 0 aliphatic carbocycles. The zero-order valence-corrected chi connectivity index (χ0v) is 11.8. The number of esters is 1. The molecule has 0 bridgehead atoms. The van der Waals surface area contributed by atoms with Gasteiger partial charge >= 0.3 is 5.97 Å². The van der Waals surface area contributed by atoms with E-state index in [-0.39, 0.29) is 34.9 Å². The second-order valence-corrected chi connectivity index (χ2v) is 2.88. The standard InChI is InChI=1S/C8H11Cl2NO4.H3P/c1-2-14-8(13)7(6(12)5-10)11-15-4-3-9;/h2-5H2,1H3;1H3. The molecule has 8 heteroatoms. The summed E-state index contributed by atoms with van der Waals surface area (Å²) in [4.78, 5) is 26.9. The number of ether oxygens (including phenoxy) is 1. The fourth-order valence-corrected chi connectivity index (χ4v) is 0.805. The minimum absolute atomic E-state index is 0. The lowest BCUT2D eigenvalue weighted by atomic mass is 10.3. The molecule has 0 N–H and O–H groups in total. The Hall–Kier alpha value is -0.380. The predicted octanol–water partition coefficient (Wildman–Crippen LogP) is 1.03. The van der Waals surface area contributed by atoms with Crippen molar-refractivity contribution in [3.63, 3.8) is 0 Å². The number of halogens is 2. The minimum atomic E-state index is -0.849. The number of carbonyl (C=O) groups is 2. The third kappa shape index (κ3) is 6.99. The first kappa shape index (κ1) is 18.0. The molecular weight excluding hydrogens is 276 g/mol. The Morgan fingerprint density at radius 3 is 2.38 bits per heavy atom. The number of hydrogen-bond acceptors (Lipinski definition) is 5. The molecule has 0 rings (SSSR count). The monoisotopic (exact) mass is 289 g/mol. The number of nitrogens with zero attached hydrogens (tertiary/aromatic N) is 1. The van der Waals surface area contributed by atoms with E-state index >= 15 is 0 Å². The van der Waals surface area contributed by atoms with Crippen molar-refractivity contribution < 1.29 is 19.2 Å². The van der Waals surface area contributed by atoms with Gasteiger partial charge in [-0.05, 0) is 6.92 Å². The first-order chi connectivity index (χ1) is 7.17. The summed E-state index contributed by atoms with van der Waals surface area (Å²) in [5.74, 6) is -1.65. The number of rotatable bonds is 7. The lowest BCUT2D eigenvalue weighted by Gasteiger charge is -2.02. The van der Waals surface area contributed by atoms with E-state index < -0.39 is 17.5 Å². The van der Waals surface area contributed by atoms with Gasteiger partial charge in [-0.15, -0.1) is 23.2 Å². The highest BCUT2D eigenvalue weighted by atomic mass is 35.5. The van der Waals surface area contributed by atoms with Gasteiger partial charge in [-0.25, -0.2) is 4.79 Å². The van der Waals surface area contributed by atoms with Gasteiger partial charge in [-0.2, -0.15) is 9.90 Å². The van der Waals surface area contributed by atoms with Crippen LogP contribution in [0.15, 0.2) is 5.16 Å². The van der Waals surface area contributed by atoms with Crippen LogP contribution in [0, 0.1) is 0 Å². The topological polar surface area (TPSA) is 65.0 Å². The molecule has 16 heavy (non-hydrogen) atoms. The van der Waals surface area contributed by atoms with Gasteiger partial charge in [0.05, 0.1) is 18.4 Å². The highest BCUT2D eigenvalue weighted by molar-refractivity contribution is 6.92. The molecule has 0 aromatic heterocycles. The zero-order valence-electron chi connectivity index (χ0n) is 8.87. The van der Waals surface area contributed by atoms with Crippen molar-refractivity contribution in [2.24, 2.45) is 5.16 Å². The van der Waals surface area contributed by atoms with Crippen LogP contribution in [0.2, 0.25) is 0 Å². The molecule has 0 fully saturated rings. The Balaban J connectivity index is 0. The normalized spacial score (nSPS) is 10.3. The summed E-state index contributed by atoms with van der Waals surface area (Å²) in [5.41, 5.74) is -0.447. The second kappa shape index (κ2) is 11.1. The summed E-state index contributed by atoms with van der Waals surface area (Å²) in [6, 6.07) is 0. The largest absolute Gasteiger partial charge is 0.461 e. The highest BCUT2D eigenvalue weighted by Crippen LogP contribution is 1.93. The third-order valence-corrected chi connectivity index (χ3v) is 1.58. The maximum atomic E-state index is 11.2. The van der Waals surface area contributed by atoms with E-state index in [0.29, 0.717) is 0 Å². The second-order valence-electron chi connectivity index (χ2n) is 2.24. The van der Waals surface area contributed by atoms with E-state index in [9.17, 15) is 9.59 Å². The van der Waals surface area contributed by atoms with Crippen molar-refractivity contribution in [3.05, 3.63) is 0 Å². The number of alkyl halides is 2. The molecule has 0 saturated carbocycles. The Morgan fingerprint density at radius 2 is 1.94 bits per heavy atom. The molecule has 5 nitrogen and oxygen atoms in total. The average Bonchev–Trinajstić information content (AvgIpc) is 2.23. The molecular formula is C8H14Cl2NO4P. The predicted molar refractivity (Wildman–Crippen MR) is 67.6 cm³/mol. The molecule has 0 aliphatic rings.